The lowest BCUT2D eigenvalue weighted by molar-refractivity contribution is -0.0705. The number of carbonyl (C=O) groups excluding carboxylic acids is 4. The quantitative estimate of drug-likeness (QED) is 0.155. The highest BCUT2D eigenvalue weighted by Gasteiger charge is 2.52. The zero-order chi connectivity index (χ0) is 37.5. The largest absolute Gasteiger partial charge is 0.507 e. The lowest BCUT2D eigenvalue weighted by atomic mass is 10.1. The molecule has 1 saturated heterocycles. The van der Waals surface area contributed by atoms with Crippen molar-refractivity contribution in [3.8, 4) is 5.75 Å². The minimum atomic E-state index is -1.62. The second kappa shape index (κ2) is 16.0. The molecule has 270 valence electrons. The molecule has 1 N–H and O–H groups in total. The van der Waals surface area contributed by atoms with Gasteiger partial charge in [0.05, 0.1) is 30.3 Å². The summed E-state index contributed by atoms with van der Waals surface area (Å²) in [6.07, 6.45) is -5.16. The van der Waals surface area contributed by atoms with Crippen LogP contribution in [0.5, 0.6) is 5.75 Å². The molecule has 1 fully saturated rings. The normalized spacial score (nSPS) is 17.8. The van der Waals surface area contributed by atoms with Crippen molar-refractivity contribution in [2.45, 2.75) is 31.1 Å². The fraction of sp³-hybridized carbons (Fsp3) is 0.184. The van der Waals surface area contributed by atoms with E-state index in [4.69, 9.17) is 23.7 Å². The van der Waals surface area contributed by atoms with Crippen LogP contribution < -0.4 is 11.2 Å². The summed E-state index contributed by atoms with van der Waals surface area (Å²) in [7, 11) is 1.13. The zero-order valence-electron chi connectivity index (χ0n) is 28.0. The van der Waals surface area contributed by atoms with Crippen molar-refractivity contribution in [3.63, 3.8) is 0 Å². The summed E-state index contributed by atoms with van der Waals surface area (Å²) in [5, 5.41) is 14.1. The molecule has 15 nitrogen and oxygen atoms in total. The van der Waals surface area contributed by atoms with Crippen molar-refractivity contribution in [3.05, 3.63) is 164 Å². The lowest BCUT2D eigenvalue weighted by Crippen LogP contribution is -2.46. The fourth-order valence-electron chi connectivity index (χ4n) is 5.56. The molecular formula is C38H31N3O12. The molecular weight excluding hydrogens is 690 g/mol. The van der Waals surface area contributed by atoms with Crippen molar-refractivity contribution in [2.75, 3.05) is 13.7 Å². The molecule has 1 aliphatic heterocycles. The van der Waals surface area contributed by atoms with Crippen molar-refractivity contribution >= 4 is 23.9 Å². The number of rotatable bonds is 11. The van der Waals surface area contributed by atoms with Gasteiger partial charge in [-0.05, 0) is 54.1 Å². The van der Waals surface area contributed by atoms with Gasteiger partial charge < -0.3 is 28.8 Å². The topological polar surface area (TPSA) is 192 Å². The number of ether oxygens (including phenoxy) is 5. The third kappa shape index (κ3) is 8.05. The first-order valence-electron chi connectivity index (χ1n) is 16.1. The number of benzene rings is 4. The molecule has 4 aromatic carbocycles. The van der Waals surface area contributed by atoms with E-state index < -0.39 is 72.8 Å². The van der Waals surface area contributed by atoms with Crippen LogP contribution in [0, 0.1) is 0 Å². The van der Waals surface area contributed by atoms with Crippen LogP contribution >= 0.6 is 0 Å². The molecule has 0 spiro atoms. The summed E-state index contributed by atoms with van der Waals surface area (Å²) in [6.45, 7) is -0.912. The second-order valence-electron chi connectivity index (χ2n) is 11.6. The van der Waals surface area contributed by atoms with Gasteiger partial charge in [0, 0.05) is 0 Å². The van der Waals surface area contributed by atoms with E-state index in [1.165, 1.54) is 54.6 Å². The highest BCUT2D eigenvalue weighted by molar-refractivity contribution is 5.92. The number of esters is 4. The van der Waals surface area contributed by atoms with E-state index in [9.17, 15) is 33.9 Å². The van der Waals surface area contributed by atoms with Gasteiger partial charge in [0.15, 0.2) is 18.4 Å². The molecule has 0 amide bonds. The Hall–Kier alpha value is -6.87. The molecule has 1 aromatic heterocycles. The second-order valence-corrected chi connectivity index (χ2v) is 11.6. The number of phenols is 1. The highest BCUT2D eigenvalue weighted by Crippen LogP contribution is 2.34. The Balaban J connectivity index is 1.40. The molecule has 0 aliphatic carbocycles. The van der Waals surface area contributed by atoms with Gasteiger partial charge >= 0.3 is 29.6 Å². The van der Waals surface area contributed by atoms with E-state index in [2.05, 4.69) is 5.10 Å². The minimum Gasteiger partial charge on any atom is -0.507 e. The Morgan fingerprint density at radius 2 is 1.28 bits per heavy atom. The van der Waals surface area contributed by atoms with E-state index >= 15 is 0 Å². The number of phenolic OH excluding ortho intramolecular Hbond substituents is 1. The molecule has 0 unspecified atom stereocenters. The molecule has 6 rings (SSSR count). The van der Waals surface area contributed by atoms with Gasteiger partial charge in [0.1, 0.15) is 30.2 Å². The summed E-state index contributed by atoms with van der Waals surface area (Å²) in [4.78, 5) is 79.1. The maximum atomic E-state index is 14.0. The molecule has 5 aromatic rings. The van der Waals surface area contributed by atoms with Gasteiger partial charge in [-0.1, -0.05) is 60.7 Å². The smallest absolute Gasteiger partial charge is 0.350 e. The Morgan fingerprint density at radius 1 is 0.736 bits per heavy atom. The van der Waals surface area contributed by atoms with Gasteiger partial charge in [0.2, 0.25) is 0 Å². The van der Waals surface area contributed by atoms with E-state index in [0.717, 1.165) is 22.6 Å². The summed E-state index contributed by atoms with van der Waals surface area (Å²) < 4.78 is 29.7. The number of hydrogen-bond acceptors (Lipinski definition) is 13. The Morgan fingerprint density at radius 3 is 1.85 bits per heavy atom. The first-order valence-corrected chi connectivity index (χ1v) is 16.1. The zero-order valence-corrected chi connectivity index (χ0v) is 28.0. The number of carbonyl (C=O) groups is 4. The van der Waals surface area contributed by atoms with E-state index in [-0.39, 0.29) is 33.6 Å². The maximum absolute atomic E-state index is 14.0. The van der Waals surface area contributed by atoms with Crippen LogP contribution in [0.4, 0.5) is 0 Å². The predicted molar refractivity (Wildman–Crippen MR) is 183 cm³/mol. The van der Waals surface area contributed by atoms with Crippen LogP contribution in [0.25, 0.3) is 0 Å². The van der Waals surface area contributed by atoms with Crippen LogP contribution in [0.1, 0.15) is 53.2 Å². The van der Waals surface area contributed by atoms with E-state index in [0.29, 0.717) is 0 Å². The Kier molecular flexibility index (Phi) is 10.8. The summed E-state index contributed by atoms with van der Waals surface area (Å²) in [5.41, 5.74) is -1.32. The number of nitrogens with zero attached hydrogens (tertiary/aromatic N) is 3. The average Bonchev–Trinajstić information content (AvgIpc) is 3.51. The molecule has 4 atom stereocenters. The summed E-state index contributed by atoms with van der Waals surface area (Å²) in [5.74, 6) is -3.65. The van der Waals surface area contributed by atoms with Gasteiger partial charge in [-0.15, -0.1) is 0 Å². The molecule has 2 heterocycles. The van der Waals surface area contributed by atoms with Crippen molar-refractivity contribution in [2.24, 2.45) is 0 Å². The van der Waals surface area contributed by atoms with Crippen LogP contribution in [-0.2, 0) is 30.2 Å². The number of aromatic nitrogens is 3. The number of methoxy groups -OCH3 is 1. The van der Waals surface area contributed by atoms with Crippen molar-refractivity contribution in [1.29, 1.82) is 0 Å². The first-order chi connectivity index (χ1) is 25.6. The standard InChI is InChI=1S/C38H31N3O12/c1-49-37(47)27-19-23(17-18-28(27)42)21-40-30(43)20-39-41(38(40)48)33-32(53-36(46)26-15-9-4-10-16-26)31(52-35(45)25-13-7-3-8-14-25)29(51-33)22-50-34(44)24-11-5-2-6-12-24/h2-20,29,31-33,42H,21-22H2,1H3/t29-,31-,32-,33+/m1/s1. The summed E-state index contributed by atoms with van der Waals surface area (Å²) >= 11 is 0. The Bertz CT molecular complexity index is 2240. The maximum Gasteiger partial charge on any atom is 0.350 e. The molecule has 53 heavy (non-hydrogen) atoms. The van der Waals surface area contributed by atoms with Gasteiger partial charge in [-0.3, -0.25) is 9.36 Å². The molecule has 0 saturated carbocycles. The molecule has 0 bridgehead atoms. The van der Waals surface area contributed by atoms with Crippen LogP contribution in [0.2, 0.25) is 0 Å². The molecule has 1 aliphatic rings. The highest BCUT2D eigenvalue weighted by atomic mass is 16.7. The summed E-state index contributed by atoms with van der Waals surface area (Å²) in [6, 6.07) is 27.7. The lowest BCUT2D eigenvalue weighted by Gasteiger charge is -2.24. The molecule has 15 heteroatoms. The monoisotopic (exact) mass is 721 g/mol. The number of hydrogen-bond donors (Lipinski definition) is 1. The van der Waals surface area contributed by atoms with Crippen LogP contribution in [0.15, 0.2) is 125 Å². The van der Waals surface area contributed by atoms with Crippen LogP contribution in [-0.4, -0.2) is 75.4 Å². The predicted octanol–water partition coefficient (Wildman–Crippen LogP) is 3.15. The molecule has 0 radical (unpaired) electrons. The fourth-order valence-corrected chi connectivity index (χ4v) is 5.56. The third-order valence-electron chi connectivity index (χ3n) is 8.21. The van der Waals surface area contributed by atoms with Crippen LogP contribution in [0.3, 0.4) is 0 Å². The average molecular weight is 722 g/mol. The number of aromatic hydroxyl groups is 1. The first kappa shape index (κ1) is 35.9. The van der Waals surface area contributed by atoms with Crippen molar-refractivity contribution in [1.82, 2.24) is 14.3 Å². The minimum absolute atomic E-state index is 0.123. The van der Waals surface area contributed by atoms with E-state index in [1.807, 2.05) is 0 Å². The van der Waals surface area contributed by atoms with Crippen molar-refractivity contribution < 1.29 is 48.0 Å². The third-order valence-corrected chi connectivity index (χ3v) is 8.21. The van der Waals surface area contributed by atoms with Gasteiger partial charge in [-0.2, -0.15) is 9.78 Å². The Labute approximate surface area is 300 Å². The van der Waals surface area contributed by atoms with Gasteiger partial charge in [-0.25, -0.2) is 24.0 Å². The van der Waals surface area contributed by atoms with E-state index in [1.54, 1.807) is 54.6 Å². The van der Waals surface area contributed by atoms with Gasteiger partial charge in [0.25, 0.3) is 5.56 Å². The SMILES string of the molecule is COC(=O)c1cc(Cn2c(=O)cnn([C@H]3O[C@H](COC(=O)c4ccccc4)[C@@H](OC(=O)c4ccccc4)[C@H]3OC(=O)c3ccccc3)c2=O)ccc1O.